The van der Waals surface area contributed by atoms with Gasteiger partial charge in [0.1, 0.15) is 0 Å². The average Bonchev–Trinajstić information content (AvgIpc) is 2.72. The van der Waals surface area contributed by atoms with Gasteiger partial charge in [0.15, 0.2) is 0 Å². The number of hydrogen-bond acceptors (Lipinski definition) is 7. The lowest BCUT2D eigenvalue weighted by molar-refractivity contribution is -0.115. The maximum atomic E-state index is 12.3. The molecule has 0 aliphatic rings. The number of hydrogen-bond donors (Lipinski definition) is 3. The van der Waals surface area contributed by atoms with Crippen LogP contribution in [-0.4, -0.2) is 44.5 Å². The van der Waals surface area contributed by atoms with E-state index in [0.717, 1.165) is 0 Å². The normalized spacial score (nSPS) is 10.0. The third-order valence-corrected chi connectivity index (χ3v) is 4.11. The van der Waals surface area contributed by atoms with Crippen molar-refractivity contribution in [1.82, 2.24) is 0 Å². The fourth-order valence-corrected chi connectivity index (χ4v) is 2.68. The van der Waals surface area contributed by atoms with Crippen LogP contribution in [0.5, 0.6) is 0 Å². The Bertz CT molecular complexity index is 958. The maximum Gasteiger partial charge on any atom is 0.337 e. The highest BCUT2D eigenvalue weighted by Gasteiger charge is 2.15. The predicted octanol–water partition coefficient (Wildman–Crippen LogP) is 2.92. The number of rotatable bonds is 7. The Morgan fingerprint density at radius 2 is 1.47 bits per heavy atom. The quantitative estimate of drug-likeness (QED) is 0.573. The minimum absolute atomic E-state index is 0.0784. The van der Waals surface area contributed by atoms with Crippen LogP contribution in [0.25, 0.3) is 0 Å². The molecule has 10 heteroatoms. The molecule has 2 aromatic rings. The molecule has 0 bridgehead atoms. The summed E-state index contributed by atoms with van der Waals surface area (Å²) < 4.78 is 9.32. The van der Waals surface area contributed by atoms with Crippen LogP contribution >= 0.6 is 11.6 Å². The lowest BCUT2D eigenvalue weighted by Gasteiger charge is -2.12. The zero-order valence-corrected chi connectivity index (χ0v) is 17.3. The Morgan fingerprint density at radius 3 is 2.00 bits per heavy atom. The molecular formula is C20H20ClN3O6. The molecule has 30 heavy (non-hydrogen) atoms. The van der Waals surface area contributed by atoms with Gasteiger partial charge in [-0.15, -0.1) is 0 Å². The molecule has 0 radical (unpaired) electrons. The second-order valence-corrected chi connectivity index (χ2v) is 6.47. The highest BCUT2D eigenvalue weighted by Crippen LogP contribution is 2.25. The Balaban J connectivity index is 2.13. The maximum absolute atomic E-state index is 12.3. The summed E-state index contributed by atoms with van der Waals surface area (Å²) in [6.07, 6.45) is 0. The summed E-state index contributed by atoms with van der Waals surface area (Å²) in [6.45, 7) is 1.21. The topological polar surface area (TPSA) is 123 Å². The number of esters is 2. The van der Waals surface area contributed by atoms with E-state index in [9.17, 15) is 19.2 Å². The van der Waals surface area contributed by atoms with Crippen molar-refractivity contribution in [3.05, 3.63) is 52.5 Å². The fourth-order valence-electron chi connectivity index (χ4n) is 2.49. The molecule has 3 N–H and O–H groups in total. The Morgan fingerprint density at radius 1 is 0.867 bits per heavy atom. The van der Waals surface area contributed by atoms with Crippen LogP contribution in [-0.2, 0) is 19.1 Å². The van der Waals surface area contributed by atoms with Crippen LogP contribution in [0.3, 0.4) is 0 Å². The van der Waals surface area contributed by atoms with Crippen LogP contribution in [0.2, 0.25) is 5.02 Å². The number of ether oxygens (including phenoxy) is 2. The van der Waals surface area contributed by atoms with Gasteiger partial charge in [-0.2, -0.15) is 0 Å². The first-order valence-corrected chi connectivity index (χ1v) is 9.04. The van der Waals surface area contributed by atoms with Gasteiger partial charge in [0.2, 0.25) is 11.8 Å². The van der Waals surface area contributed by atoms with Gasteiger partial charge in [0, 0.05) is 18.3 Å². The molecule has 0 saturated carbocycles. The van der Waals surface area contributed by atoms with Crippen molar-refractivity contribution in [3.8, 4) is 0 Å². The molecular weight excluding hydrogens is 414 g/mol. The lowest BCUT2D eigenvalue weighted by Crippen LogP contribution is -2.22. The van der Waals surface area contributed by atoms with Crippen LogP contribution < -0.4 is 16.0 Å². The summed E-state index contributed by atoms with van der Waals surface area (Å²) in [5.74, 6) is -2.05. The van der Waals surface area contributed by atoms with Crippen LogP contribution in [0.4, 0.5) is 17.1 Å². The Kier molecular flexibility index (Phi) is 7.76. The average molecular weight is 434 g/mol. The molecule has 0 saturated heterocycles. The monoisotopic (exact) mass is 433 g/mol. The smallest absolute Gasteiger partial charge is 0.337 e. The van der Waals surface area contributed by atoms with Crippen LogP contribution in [0, 0.1) is 0 Å². The van der Waals surface area contributed by atoms with Crippen molar-refractivity contribution >= 4 is 52.4 Å². The third-order valence-electron chi connectivity index (χ3n) is 3.79. The van der Waals surface area contributed by atoms with E-state index < -0.39 is 17.8 Å². The van der Waals surface area contributed by atoms with Crippen molar-refractivity contribution in [2.24, 2.45) is 0 Å². The molecule has 9 nitrogen and oxygen atoms in total. The predicted molar refractivity (Wildman–Crippen MR) is 112 cm³/mol. The van der Waals surface area contributed by atoms with Crippen molar-refractivity contribution in [3.63, 3.8) is 0 Å². The molecule has 0 heterocycles. The third kappa shape index (κ3) is 6.21. The zero-order chi connectivity index (χ0) is 22.3. The molecule has 0 atom stereocenters. The number of anilines is 3. The lowest BCUT2D eigenvalue weighted by atomic mass is 10.1. The molecule has 0 unspecified atom stereocenters. The van der Waals surface area contributed by atoms with E-state index in [1.807, 2.05) is 0 Å². The molecule has 2 amide bonds. The second-order valence-electron chi connectivity index (χ2n) is 6.06. The van der Waals surface area contributed by atoms with Gasteiger partial charge in [0.25, 0.3) is 0 Å². The largest absolute Gasteiger partial charge is 0.465 e. The highest BCUT2D eigenvalue weighted by atomic mass is 35.5. The van der Waals surface area contributed by atoms with E-state index >= 15 is 0 Å². The van der Waals surface area contributed by atoms with Gasteiger partial charge in [-0.1, -0.05) is 11.6 Å². The standard InChI is InChI=1S/C20H20ClN3O6/c1-11(25)23-14-4-5-16(21)17(9-14)22-10-18(26)24-15-7-12(19(27)29-2)6-13(8-15)20(28)30-3/h4-9,22H,10H2,1-3H3,(H,23,25)(H,24,26). The number of methoxy groups -OCH3 is 2. The van der Waals surface area contributed by atoms with E-state index in [1.54, 1.807) is 18.2 Å². The Hall–Kier alpha value is -3.59. The first-order chi connectivity index (χ1) is 14.2. The van der Waals surface area contributed by atoms with Crippen molar-refractivity contribution in [2.45, 2.75) is 6.92 Å². The van der Waals surface area contributed by atoms with E-state index in [4.69, 9.17) is 11.6 Å². The number of carbonyl (C=O) groups excluding carboxylic acids is 4. The van der Waals surface area contributed by atoms with Crippen molar-refractivity contribution in [1.29, 1.82) is 0 Å². The number of nitrogens with one attached hydrogen (secondary N) is 3. The van der Waals surface area contributed by atoms with E-state index in [0.29, 0.717) is 16.4 Å². The fraction of sp³-hybridized carbons (Fsp3) is 0.200. The SMILES string of the molecule is COC(=O)c1cc(NC(=O)CNc2cc(NC(C)=O)ccc2Cl)cc(C(=O)OC)c1. The summed E-state index contributed by atoms with van der Waals surface area (Å²) in [5, 5.41) is 8.43. The summed E-state index contributed by atoms with van der Waals surface area (Å²) >= 11 is 6.11. The minimum Gasteiger partial charge on any atom is -0.465 e. The van der Waals surface area contributed by atoms with Gasteiger partial charge in [-0.3, -0.25) is 9.59 Å². The van der Waals surface area contributed by atoms with E-state index in [2.05, 4.69) is 25.4 Å². The summed E-state index contributed by atoms with van der Waals surface area (Å²) in [7, 11) is 2.41. The van der Waals surface area contributed by atoms with Gasteiger partial charge in [0.05, 0.1) is 42.6 Å². The molecule has 0 spiro atoms. The van der Waals surface area contributed by atoms with E-state index in [-0.39, 0.29) is 29.3 Å². The second kappa shape index (κ2) is 10.3. The summed E-state index contributed by atoms with van der Waals surface area (Å²) in [5.41, 5.74) is 1.33. The van der Waals surface area contributed by atoms with Crippen molar-refractivity contribution < 1.29 is 28.7 Å². The van der Waals surface area contributed by atoms with Gasteiger partial charge in [-0.05, 0) is 36.4 Å². The molecule has 0 fully saturated rings. The van der Waals surface area contributed by atoms with Gasteiger partial charge >= 0.3 is 11.9 Å². The minimum atomic E-state index is -0.670. The molecule has 2 aromatic carbocycles. The first-order valence-electron chi connectivity index (χ1n) is 8.66. The van der Waals surface area contributed by atoms with Gasteiger partial charge < -0.3 is 25.4 Å². The number of carbonyl (C=O) groups is 4. The van der Waals surface area contributed by atoms with Crippen molar-refractivity contribution in [2.75, 3.05) is 36.7 Å². The number of benzene rings is 2. The Labute approximate surface area is 177 Å². The van der Waals surface area contributed by atoms with E-state index in [1.165, 1.54) is 39.3 Å². The van der Waals surface area contributed by atoms with Crippen LogP contribution in [0.1, 0.15) is 27.6 Å². The summed E-state index contributed by atoms with van der Waals surface area (Å²) in [6, 6.07) is 8.85. The molecule has 0 aromatic heterocycles. The molecule has 0 aliphatic carbocycles. The molecule has 0 aliphatic heterocycles. The number of halogens is 1. The zero-order valence-electron chi connectivity index (χ0n) is 16.5. The summed E-state index contributed by atoms with van der Waals surface area (Å²) in [4.78, 5) is 47.2. The molecule has 158 valence electrons. The van der Waals surface area contributed by atoms with Gasteiger partial charge in [-0.25, -0.2) is 9.59 Å². The van der Waals surface area contributed by atoms with Crippen LogP contribution in [0.15, 0.2) is 36.4 Å². The first kappa shape index (κ1) is 22.7. The molecule has 2 rings (SSSR count). The number of amides is 2. The highest BCUT2D eigenvalue weighted by molar-refractivity contribution is 6.33.